The van der Waals surface area contributed by atoms with Crippen molar-refractivity contribution in [1.82, 2.24) is 10.2 Å². The molecule has 0 aliphatic carbocycles. The van der Waals surface area contributed by atoms with Crippen molar-refractivity contribution in [2.24, 2.45) is 11.5 Å². The van der Waals surface area contributed by atoms with E-state index in [4.69, 9.17) is 11.5 Å². The highest BCUT2D eigenvalue weighted by Gasteiger charge is 2.02. The van der Waals surface area contributed by atoms with Crippen LogP contribution in [0.25, 0.3) is 0 Å². The van der Waals surface area contributed by atoms with Crippen LogP contribution in [0.1, 0.15) is 26.2 Å². The summed E-state index contributed by atoms with van der Waals surface area (Å²) in [6.07, 6.45) is 3.88. The highest BCUT2D eigenvalue weighted by Crippen LogP contribution is 1.97. The molecule has 0 atom stereocenters. The molecule has 0 saturated carbocycles. The van der Waals surface area contributed by atoms with Crippen molar-refractivity contribution < 1.29 is 0 Å². The number of hydrogen-bond donors (Lipinski definition) is 3. The first-order valence-corrected chi connectivity index (χ1v) is 6.18. The molecule has 0 unspecified atom stereocenters. The largest absolute Gasteiger partial charge is 0.329 e. The van der Waals surface area contributed by atoms with Crippen LogP contribution >= 0.6 is 0 Å². The number of nitrogens with one attached hydrogen (secondary N) is 1. The van der Waals surface area contributed by atoms with Crippen molar-refractivity contribution in [3.8, 4) is 0 Å². The molecule has 0 aromatic carbocycles. The van der Waals surface area contributed by atoms with Gasteiger partial charge in [0.1, 0.15) is 0 Å². The number of hydrogen-bond acceptors (Lipinski definition) is 4. The standard InChI is InChI=1S/C11H28N4/c1-2-3-4-9-15(10-6-13)11-8-14-7-5-12/h14H,2-13H2,1H3. The molecular formula is C11H28N4. The molecular weight excluding hydrogens is 188 g/mol. The van der Waals surface area contributed by atoms with Crippen LogP contribution in [-0.4, -0.2) is 50.7 Å². The Morgan fingerprint density at radius 3 is 2.33 bits per heavy atom. The Balaban J connectivity index is 3.44. The summed E-state index contributed by atoms with van der Waals surface area (Å²) in [6.45, 7) is 8.89. The van der Waals surface area contributed by atoms with Crippen LogP contribution in [0.5, 0.6) is 0 Å². The molecule has 0 aliphatic heterocycles. The van der Waals surface area contributed by atoms with Crippen LogP contribution in [0.15, 0.2) is 0 Å². The van der Waals surface area contributed by atoms with Crippen molar-refractivity contribution >= 4 is 0 Å². The van der Waals surface area contributed by atoms with E-state index in [0.29, 0.717) is 6.54 Å². The number of nitrogens with two attached hydrogens (primary N) is 2. The Morgan fingerprint density at radius 2 is 1.73 bits per heavy atom. The number of unbranched alkanes of at least 4 members (excludes halogenated alkanes) is 2. The van der Waals surface area contributed by atoms with Gasteiger partial charge in [-0.3, -0.25) is 0 Å². The quantitative estimate of drug-likeness (QED) is 0.425. The van der Waals surface area contributed by atoms with Crippen LogP contribution in [0.2, 0.25) is 0 Å². The summed E-state index contributed by atoms with van der Waals surface area (Å²) in [5, 5.41) is 3.31. The van der Waals surface area contributed by atoms with E-state index < -0.39 is 0 Å². The predicted octanol–water partition coefficient (Wildman–Crippen LogP) is -0.0144. The second-order valence-corrected chi connectivity index (χ2v) is 3.88. The Morgan fingerprint density at radius 1 is 0.933 bits per heavy atom. The lowest BCUT2D eigenvalue weighted by Gasteiger charge is -2.21. The first kappa shape index (κ1) is 14.8. The van der Waals surface area contributed by atoms with Gasteiger partial charge in [-0.2, -0.15) is 0 Å². The fourth-order valence-electron chi connectivity index (χ4n) is 1.57. The van der Waals surface area contributed by atoms with Gasteiger partial charge in [-0.25, -0.2) is 0 Å². The summed E-state index contributed by atoms with van der Waals surface area (Å²) < 4.78 is 0. The van der Waals surface area contributed by atoms with Gasteiger partial charge < -0.3 is 21.7 Å². The third-order valence-electron chi connectivity index (χ3n) is 2.45. The Kier molecular flexibility index (Phi) is 11.8. The summed E-state index contributed by atoms with van der Waals surface area (Å²) in [5.74, 6) is 0. The molecule has 15 heavy (non-hydrogen) atoms. The summed E-state index contributed by atoms with van der Waals surface area (Å²) >= 11 is 0. The average Bonchev–Trinajstić information content (AvgIpc) is 2.24. The summed E-state index contributed by atoms with van der Waals surface area (Å²) in [4.78, 5) is 2.43. The zero-order valence-electron chi connectivity index (χ0n) is 10.2. The molecule has 0 aromatic rings. The van der Waals surface area contributed by atoms with Gasteiger partial charge in [0.25, 0.3) is 0 Å². The van der Waals surface area contributed by atoms with E-state index in [1.165, 1.54) is 25.8 Å². The topological polar surface area (TPSA) is 67.3 Å². The molecule has 0 heterocycles. The fraction of sp³-hybridized carbons (Fsp3) is 1.00. The van der Waals surface area contributed by atoms with E-state index in [1.54, 1.807) is 0 Å². The van der Waals surface area contributed by atoms with Gasteiger partial charge in [-0.1, -0.05) is 19.8 Å². The van der Waals surface area contributed by atoms with Gasteiger partial charge in [-0.15, -0.1) is 0 Å². The lowest BCUT2D eigenvalue weighted by molar-refractivity contribution is 0.274. The first-order chi connectivity index (χ1) is 7.35. The molecule has 0 aromatic heterocycles. The van der Waals surface area contributed by atoms with E-state index in [0.717, 1.165) is 32.7 Å². The third-order valence-corrected chi connectivity index (χ3v) is 2.45. The van der Waals surface area contributed by atoms with Gasteiger partial charge >= 0.3 is 0 Å². The molecule has 4 heteroatoms. The molecule has 0 bridgehead atoms. The molecule has 0 rings (SSSR count). The van der Waals surface area contributed by atoms with E-state index in [2.05, 4.69) is 17.1 Å². The van der Waals surface area contributed by atoms with Crippen LogP contribution in [0, 0.1) is 0 Å². The zero-order valence-corrected chi connectivity index (χ0v) is 10.2. The van der Waals surface area contributed by atoms with Gasteiger partial charge in [0.05, 0.1) is 0 Å². The minimum absolute atomic E-state index is 0.715. The summed E-state index contributed by atoms with van der Waals surface area (Å²) in [7, 11) is 0. The van der Waals surface area contributed by atoms with E-state index in [9.17, 15) is 0 Å². The molecule has 4 nitrogen and oxygen atoms in total. The minimum Gasteiger partial charge on any atom is -0.329 e. The van der Waals surface area contributed by atoms with Crippen LogP contribution < -0.4 is 16.8 Å². The minimum atomic E-state index is 0.715. The Labute approximate surface area is 94.4 Å². The molecule has 92 valence electrons. The zero-order chi connectivity index (χ0) is 11.4. The number of nitrogens with zero attached hydrogens (tertiary/aromatic N) is 1. The molecule has 0 spiro atoms. The van der Waals surface area contributed by atoms with E-state index >= 15 is 0 Å². The lowest BCUT2D eigenvalue weighted by Crippen LogP contribution is -2.37. The second kappa shape index (κ2) is 11.9. The van der Waals surface area contributed by atoms with Crippen LogP contribution in [-0.2, 0) is 0 Å². The first-order valence-electron chi connectivity index (χ1n) is 6.18. The smallest absolute Gasteiger partial charge is 0.0107 e. The SMILES string of the molecule is CCCCCN(CCN)CCNCCN. The highest BCUT2D eigenvalue weighted by atomic mass is 15.1. The number of rotatable bonds is 11. The highest BCUT2D eigenvalue weighted by molar-refractivity contribution is 4.60. The fourth-order valence-corrected chi connectivity index (χ4v) is 1.57. The molecule has 0 fully saturated rings. The van der Waals surface area contributed by atoms with Crippen LogP contribution in [0.4, 0.5) is 0 Å². The van der Waals surface area contributed by atoms with E-state index in [-0.39, 0.29) is 0 Å². The van der Waals surface area contributed by atoms with Gasteiger partial charge in [0.2, 0.25) is 0 Å². The van der Waals surface area contributed by atoms with Crippen LogP contribution in [0.3, 0.4) is 0 Å². The Hall–Kier alpha value is -0.160. The molecule has 5 N–H and O–H groups in total. The summed E-state index contributed by atoms with van der Waals surface area (Å²) in [6, 6.07) is 0. The maximum absolute atomic E-state index is 5.58. The molecule has 0 aliphatic rings. The van der Waals surface area contributed by atoms with Crippen molar-refractivity contribution in [2.45, 2.75) is 26.2 Å². The Bertz CT molecular complexity index is 119. The van der Waals surface area contributed by atoms with Crippen molar-refractivity contribution in [3.05, 3.63) is 0 Å². The van der Waals surface area contributed by atoms with Crippen molar-refractivity contribution in [2.75, 3.05) is 45.8 Å². The lowest BCUT2D eigenvalue weighted by atomic mass is 10.2. The van der Waals surface area contributed by atoms with Gasteiger partial charge in [0, 0.05) is 39.3 Å². The third kappa shape index (κ3) is 10.1. The molecule has 0 amide bonds. The van der Waals surface area contributed by atoms with Gasteiger partial charge in [-0.05, 0) is 13.0 Å². The molecule has 0 radical (unpaired) electrons. The normalized spacial score (nSPS) is 11.2. The summed E-state index contributed by atoms with van der Waals surface area (Å²) in [5.41, 5.74) is 11.0. The monoisotopic (exact) mass is 216 g/mol. The maximum atomic E-state index is 5.58. The van der Waals surface area contributed by atoms with Crippen molar-refractivity contribution in [3.63, 3.8) is 0 Å². The van der Waals surface area contributed by atoms with Gasteiger partial charge in [0.15, 0.2) is 0 Å². The predicted molar refractivity (Wildman–Crippen MR) is 66.9 cm³/mol. The van der Waals surface area contributed by atoms with Crippen molar-refractivity contribution in [1.29, 1.82) is 0 Å². The van der Waals surface area contributed by atoms with E-state index in [1.807, 2.05) is 0 Å². The second-order valence-electron chi connectivity index (χ2n) is 3.88. The molecule has 0 saturated heterocycles. The maximum Gasteiger partial charge on any atom is 0.0107 e. The average molecular weight is 216 g/mol.